The Kier molecular flexibility index (Phi) is 8.55. The van der Waals surface area contributed by atoms with Gasteiger partial charge in [-0.25, -0.2) is 0 Å². The van der Waals surface area contributed by atoms with Crippen molar-refractivity contribution in [2.24, 2.45) is 0 Å². The van der Waals surface area contributed by atoms with Gasteiger partial charge in [-0.2, -0.15) is 0 Å². The Balaban J connectivity index is 1.18. The summed E-state index contributed by atoms with van der Waals surface area (Å²) in [7, 11) is 0. The van der Waals surface area contributed by atoms with Crippen molar-refractivity contribution in [2.45, 2.75) is 0 Å². The lowest BCUT2D eigenvalue weighted by atomic mass is 9.84. The average molecular weight is 716 g/mol. The number of para-hydroxylation sites is 3. The van der Waals surface area contributed by atoms with Crippen LogP contribution in [0.4, 0.5) is 17.1 Å². The van der Waals surface area contributed by atoms with E-state index in [2.05, 4.69) is 217 Å². The molecule has 1 heterocycles. The first-order valence-electron chi connectivity index (χ1n) is 19.1. The van der Waals surface area contributed by atoms with E-state index in [1.165, 1.54) is 38.9 Å². The fraction of sp³-hybridized carbons (Fsp3) is 0. The first-order valence-corrected chi connectivity index (χ1v) is 19.1. The van der Waals surface area contributed by atoms with E-state index in [0.717, 1.165) is 55.7 Å². The number of hydrogen-bond donors (Lipinski definition) is 0. The lowest BCUT2D eigenvalue weighted by Gasteiger charge is -2.28. The Morgan fingerprint density at radius 1 is 0.286 bits per heavy atom. The molecule has 264 valence electrons. The number of fused-ring (bicyclic) bond motifs is 3. The zero-order chi connectivity index (χ0) is 37.3. The molecule has 0 saturated heterocycles. The van der Waals surface area contributed by atoms with Gasteiger partial charge < -0.3 is 9.32 Å². The Bertz CT molecular complexity index is 2950. The molecule has 0 unspecified atom stereocenters. The van der Waals surface area contributed by atoms with E-state index < -0.39 is 0 Å². The maximum atomic E-state index is 6.67. The van der Waals surface area contributed by atoms with Gasteiger partial charge in [-0.1, -0.05) is 194 Å². The van der Waals surface area contributed by atoms with Crippen LogP contribution in [0.25, 0.3) is 77.6 Å². The molecule has 0 N–H and O–H groups in total. The van der Waals surface area contributed by atoms with Crippen molar-refractivity contribution in [3.8, 4) is 55.6 Å². The molecule has 2 heteroatoms. The average Bonchev–Trinajstić information content (AvgIpc) is 3.67. The molecule has 0 saturated carbocycles. The van der Waals surface area contributed by atoms with Crippen LogP contribution in [0.2, 0.25) is 0 Å². The second-order valence-electron chi connectivity index (χ2n) is 14.0. The minimum absolute atomic E-state index is 0.857. The summed E-state index contributed by atoms with van der Waals surface area (Å²) in [5.74, 6) is 0. The quantitative estimate of drug-likeness (QED) is 0.156. The Morgan fingerprint density at radius 3 is 1.41 bits per heavy atom. The highest BCUT2D eigenvalue weighted by Gasteiger charge is 2.23. The zero-order valence-corrected chi connectivity index (χ0v) is 30.7. The van der Waals surface area contributed by atoms with Crippen LogP contribution in [0.5, 0.6) is 0 Å². The van der Waals surface area contributed by atoms with Gasteiger partial charge in [0.05, 0.1) is 11.4 Å². The summed E-state index contributed by atoms with van der Waals surface area (Å²) < 4.78 is 6.67. The summed E-state index contributed by atoms with van der Waals surface area (Å²) in [6, 6.07) is 80.0. The number of furan rings is 1. The van der Waals surface area contributed by atoms with Crippen molar-refractivity contribution in [3.63, 3.8) is 0 Å². The third-order valence-electron chi connectivity index (χ3n) is 10.7. The van der Waals surface area contributed by atoms with E-state index in [-0.39, 0.29) is 0 Å². The molecule has 2 nitrogen and oxygen atoms in total. The van der Waals surface area contributed by atoms with Crippen LogP contribution in [0, 0.1) is 0 Å². The summed E-state index contributed by atoms with van der Waals surface area (Å²) in [6.07, 6.45) is 0. The number of benzene rings is 9. The van der Waals surface area contributed by atoms with Gasteiger partial charge in [-0.05, 0) is 80.4 Å². The monoisotopic (exact) mass is 715 g/mol. The molecule has 1 aromatic heterocycles. The van der Waals surface area contributed by atoms with Crippen LogP contribution in [0.15, 0.2) is 229 Å². The first kappa shape index (κ1) is 33.2. The molecule has 0 spiro atoms. The lowest BCUT2D eigenvalue weighted by molar-refractivity contribution is 0.669. The molecule has 0 radical (unpaired) electrons. The van der Waals surface area contributed by atoms with Crippen molar-refractivity contribution in [1.29, 1.82) is 0 Å². The molecule has 9 aromatic carbocycles. The molecule has 10 rings (SSSR count). The molecule has 0 aliphatic heterocycles. The maximum absolute atomic E-state index is 6.67. The minimum atomic E-state index is 0.857. The second kappa shape index (κ2) is 14.4. The van der Waals surface area contributed by atoms with Crippen molar-refractivity contribution in [1.82, 2.24) is 0 Å². The van der Waals surface area contributed by atoms with Gasteiger partial charge in [-0.3, -0.25) is 0 Å². The summed E-state index contributed by atoms with van der Waals surface area (Å²) in [6.45, 7) is 0. The maximum Gasteiger partial charge on any atom is 0.159 e. The predicted octanol–water partition coefficient (Wildman–Crippen LogP) is 15.4. The molecule has 0 atom stereocenters. The fourth-order valence-corrected chi connectivity index (χ4v) is 8.15. The third-order valence-corrected chi connectivity index (χ3v) is 10.7. The highest BCUT2D eigenvalue weighted by atomic mass is 16.3. The Labute approximate surface area is 327 Å². The summed E-state index contributed by atoms with van der Waals surface area (Å²) >= 11 is 0. The first-order chi connectivity index (χ1) is 27.8. The normalized spacial score (nSPS) is 11.2. The van der Waals surface area contributed by atoms with E-state index in [0.29, 0.717) is 0 Å². The molecule has 0 bridgehead atoms. The third kappa shape index (κ3) is 5.95. The van der Waals surface area contributed by atoms with E-state index in [9.17, 15) is 0 Å². The Morgan fingerprint density at radius 2 is 0.732 bits per heavy atom. The van der Waals surface area contributed by atoms with Crippen LogP contribution in [0.3, 0.4) is 0 Å². The van der Waals surface area contributed by atoms with Gasteiger partial charge in [-0.15, -0.1) is 0 Å². The SMILES string of the molecule is c1ccc(-c2ccccc2-c2c(-c3ccccc3)cccc2-c2ccc(N(c3ccccc3-c3ccccc3)c3cccc4c3oc3ccccc34)cc2)cc1. The van der Waals surface area contributed by atoms with Crippen molar-refractivity contribution >= 4 is 39.0 Å². The second-order valence-corrected chi connectivity index (χ2v) is 14.0. The van der Waals surface area contributed by atoms with Gasteiger partial charge in [0.1, 0.15) is 5.58 Å². The topological polar surface area (TPSA) is 16.4 Å². The highest BCUT2D eigenvalue weighted by Crippen LogP contribution is 2.47. The van der Waals surface area contributed by atoms with E-state index >= 15 is 0 Å². The fourth-order valence-electron chi connectivity index (χ4n) is 8.15. The van der Waals surface area contributed by atoms with E-state index in [4.69, 9.17) is 4.42 Å². The number of anilines is 3. The van der Waals surface area contributed by atoms with Gasteiger partial charge in [0.15, 0.2) is 5.58 Å². The van der Waals surface area contributed by atoms with Crippen LogP contribution in [-0.2, 0) is 0 Å². The van der Waals surface area contributed by atoms with E-state index in [1.54, 1.807) is 0 Å². The zero-order valence-electron chi connectivity index (χ0n) is 30.7. The van der Waals surface area contributed by atoms with Crippen LogP contribution < -0.4 is 4.90 Å². The molecule has 0 fully saturated rings. The molecule has 0 aliphatic rings. The van der Waals surface area contributed by atoms with Crippen molar-refractivity contribution in [2.75, 3.05) is 4.90 Å². The molecule has 0 aliphatic carbocycles. The van der Waals surface area contributed by atoms with Crippen LogP contribution in [-0.4, -0.2) is 0 Å². The van der Waals surface area contributed by atoms with Crippen LogP contribution in [0.1, 0.15) is 0 Å². The lowest BCUT2D eigenvalue weighted by Crippen LogP contribution is -2.11. The molecular weight excluding hydrogens is 679 g/mol. The van der Waals surface area contributed by atoms with Gasteiger partial charge in [0, 0.05) is 22.0 Å². The van der Waals surface area contributed by atoms with E-state index in [1.807, 2.05) is 12.1 Å². The molecule has 0 amide bonds. The number of nitrogens with zero attached hydrogens (tertiary/aromatic N) is 1. The minimum Gasteiger partial charge on any atom is -0.454 e. The van der Waals surface area contributed by atoms with Crippen molar-refractivity contribution in [3.05, 3.63) is 224 Å². The number of hydrogen-bond acceptors (Lipinski definition) is 2. The molecule has 10 aromatic rings. The van der Waals surface area contributed by atoms with Gasteiger partial charge in [0.2, 0.25) is 0 Å². The number of rotatable bonds is 8. The predicted molar refractivity (Wildman–Crippen MR) is 236 cm³/mol. The van der Waals surface area contributed by atoms with Gasteiger partial charge in [0.25, 0.3) is 0 Å². The molecular formula is C54H37NO. The highest BCUT2D eigenvalue weighted by molar-refractivity contribution is 6.11. The van der Waals surface area contributed by atoms with Gasteiger partial charge >= 0.3 is 0 Å². The summed E-state index contributed by atoms with van der Waals surface area (Å²) in [5, 5.41) is 2.20. The largest absolute Gasteiger partial charge is 0.454 e. The summed E-state index contributed by atoms with van der Waals surface area (Å²) in [5.41, 5.74) is 16.6. The smallest absolute Gasteiger partial charge is 0.159 e. The van der Waals surface area contributed by atoms with Crippen LogP contribution >= 0.6 is 0 Å². The summed E-state index contributed by atoms with van der Waals surface area (Å²) in [4.78, 5) is 2.35. The van der Waals surface area contributed by atoms with Crippen molar-refractivity contribution < 1.29 is 4.42 Å². The molecule has 56 heavy (non-hydrogen) atoms. The standard InChI is InChI=1S/C54H37NO/c1-4-18-38(19-5-1)43-24-10-11-27-48(43)53-45(40-22-8-3-9-23-40)28-16-29-46(53)41-34-36-42(37-35-41)55(50-31-14-12-25-44(50)39-20-6-2-7-21-39)51-32-17-30-49-47-26-13-15-33-52(47)56-54(49)51/h1-37H. The Hall–Kier alpha value is -7.42.